The number of non-ortho nitro benzene ring substituents is 1. The Morgan fingerprint density at radius 2 is 1.94 bits per heavy atom. The smallest absolute Gasteiger partial charge is 0.347 e. The molecule has 1 aromatic carbocycles. The molecule has 1 heterocycles. The molecule has 0 unspecified atom stereocenters. The van der Waals surface area contributed by atoms with Crippen LogP contribution in [0.1, 0.15) is 0 Å². The summed E-state index contributed by atoms with van der Waals surface area (Å²) in [5.74, 6) is 0. The van der Waals surface area contributed by atoms with Crippen LogP contribution in [0.3, 0.4) is 0 Å². The molecule has 0 aliphatic heterocycles. The fraction of sp³-hybridized carbons (Fsp3) is 0. The molecule has 0 aliphatic rings. The van der Waals surface area contributed by atoms with Gasteiger partial charge < -0.3 is 5.11 Å². The molecule has 0 atom stereocenters. The summed E-state index contributed by atoms with van der Waals surface area (Å²) in [5.41, 5.74) is -0.569. The number of nitro groups is 1. The van der Waals surface area contributed by atoms with Gasteiger partial charge in [-0.05, 0) is 12.1 Å². The number of hydrogen-bond acceptors (Lipinski definition) is 5. The van der Waals surface area contributed by atoms with E-state index >= 15 is 0 Å². The first-order valence-corrected chi connectivity index (χ1v) is 4.19. The number of rotatable bonds is 2. The Hall–Kier alpha value is -2.64. The van der Waals surface area contributed by atoms with E-state index in [-0.39, 0.29) is 11.4 Å². The molecule has 0 fully saturated rings. The maximum Gasteiger partial charge on any atom is 0.347 e. The van der Waals surface area contributed by atoms with E-state index in [0.29, 0.717) is 0 Å². The van der Waals surface area contributed by atoms with Crippen LogP contribution in [0.5, 0.6) is 6.01 Å². The molecule has 1 aromatic heterocycles. The van der Waals surface area contributed by atoms with Gasteiger partial charge in [0.05, 0.1) is 16.6 Å². The lowest BCUT2D eigenvalue weighted by molar-refractivity contribution is -0.384. The summed E-state index contributed by atoms with van der Waals surface area (Å²) in [6, 6.07) is 4.26. The predicted molar refractivity (Wildman–Crippen MR) is 50.3 cm³/mol. The van der Waals surface area contributed by atoms with E-state index < -0.39 is 16.6 Å². The Labute approximate surface area is 87.9 Å². The second-order valence-electron chi connectivity index (χ2n) is 2.92. The molecule has 0 aliphatic carbocycles. The minimum absolute atomic E-state index is 0.118. The first-order valence-electron chi connectivity index (χ1n) is 4.19. The van der Waals surface area contributed by atoms with Gasteiger partial charge in [-0.1, -0.05) is 0 Å². The summed E-state index contributed by atoms with van der Waals surface area (Å²) >= 11 is 0. The summed E-state index contributed by atoms with van der Waals surface area (Å²) in [7, 11) is 0. The molecule has 0 spiro atoms. The van der Waals surface area contributed by atoms with Crippen LogP contribution in [0, 0.1) is 10.1 Å². The van der Waals surface area contributed by atoms with Crippen molar-refractivity contribution in [1.29, 1.82) is 0 Å². The van der Waals surface area contributed by atoms with Crippen LogP contribution in [0.2, 0.25) is 0 Å². The molecule has 0 saturated heterocycles. The molecule has 0 radical (unpaired) electrons. The van der Waals surface area contributed by atoms with Crippen molar-refractivity contribution in [2.75, 3.05) is 0 Å². The third-order valence-corrected chi connectivity index (χ3v) is 1.96. The molecule has 2 aromatic rings. The van der Waals surface area contributed by atoms with Gasteiger partial charge in [-0.15, -0.1) is 0 Å². The highest BCUT2D eigenvalue weighted by Gasteiger charge is 2.07. The van der Waals surface area contributed by atoms with Crippen molar-refractivity contribution in [3.63, 3.8) is 0 Å². The zero-order chi connectivity index (χ0) is 11.7. The minimum atomic E-state index is -0.751. The van der Waals surface area contributed by atoms with Crippen molar-refractivity contribution >= 4 is 5.69 Å². The monoisotopic (exact) mass is 221 g/mol. The number of aromatic amines is 1. The number of benzene rings is 1. The van der Waals surface area contributed by atoms with Crippen molar-refractivity contribution in [2.45, 2.75) is 0 Å². The lowest BCUT2D eigenvalue weighted by Crippen LogP contribution is -2.16. The quantitative estimate of drug-likeness (QED) is 0.544. The number of hydrogen-bond donors (Lipinski definition) is 1. The minimum Gasteiger partial charge on any atom is -0.844 e. The number of nitrogens with one attached hydrogen (secondary N) is 1. The molecular weight excluding hydrogens is 216 g/mol. The third-order valence-electron chi connectivity index (χ3n) is 1.96. The van der Waals surface area contributed by atoms with Crippen LogP contribution < -0.4 is 10.8 Å². The predicted octanol–water partition coefficient (Wildman–Crippen LogP) is -0.458. The Balaban J connectivity index is 2.50. The summed E-state index contributed by atoms with van der Waals surface area (Å²) in [4.78, 5) is 21.0. The van der Waals surface area contributed by atoms with Crippen molar-refractivity contribution in [3.05, 3.63) is 44.9 Å². The van der Waals surface area contributed by atoms with Crippen molar-refractivity contribution in [2.24, 2.45) is 0 Å². The second kappa shape index (κ2) is 3.50. The van der Waals surface area contributed by atoms with E-state index in [0.717, 1.165) is 4.57 Å². The van der Waals surface area contributed by atoms with Gasteiger partial charge in [-0.2, -0.15) is 5.10 Å². The SMILES string of the molecule is O=c1[nH]nc([O-])n1-c1ccc([N+](=O)[O-])cc1. The van der Waals surface area contributed by atoms with Gasteiger partial charge in [-0.25, -0.2) is 9.89 Å². The standard InChI is InChI=1S/C8H6N4O4/c13-7-9-10-8(14)11(7)5-1-3-6(4-2-5)12(15)16/h1-4H,(H,9,13)(H,10,14)/p-1. The van der Waals surface area contributed by atoms with Crippen molar-refractivity contribution in [3.8, 4) is 11.7 Å². The number of H-pyrrole nitrogens is 1. The molecule has 1 N–H and O–H groups in total. The van der Waals surface area contributed by atoms with E-state index in [4.69, 9.17) is 0 Å². The maximum atomic E-state index is 11.2. The fourth-order valence-electron chi connectivity index (χ4n) is 1.23. The summed E-state index contributed by atoms with van der Waals surface area (Å²) in [6.07, 6.45) is 0. The highest BCUT2D eigenvalue weighted by Crippen LogP contribution is 2.15. The highest BCUT2D eigenvalue weighted by atomic mass is 16.6. The van der Waals surface area contributed by atoms with E-state index in [1.807, 2.05) is 5.10 Å². The van der Waals surface area contributed by atoms with Crippen LogP contribution in [-0.2, 0) is 0 Å². The molecule has 8 nitrogen and oxygen atoms in total. The number of nitro benzene ring substituents is 1. The van der Waals surface area contributed by atoms with Crippen molar-refractivity contribution < 1.29 is 10.0 Å². The normalized spacial score (nSPS) is 10.2. The van der Waals surface area contributed by atoms with Gasteiger partial charge in [0.2, 0.25) is 0 Å². The Morgan fingerprint density at radius 3 is 2.38 bits per heavy atom. The van der Waals surface area contributed by atoms with E-state index in [1.165, 1.54) is 24.3 Å². The molecular formula is C8H5N4O4-. The first-order chi connectivity index (χ1) is 7.59. The van der Waals surface area contributed by atoms with E-state index in [2.05, 4.69) is 5.10 Å². The Kier molecular flexibility index (Phi) is 2.16. The molecule has 82 valence electrons. The largest absolute Gasteiger partial charge is 0.844 e. The van der Waals surface area contributed by atoms with Gasteiger partial charge in [0.1, 0.15) is 0 Å². The van der Waals surface area contributed by atoms with Gasteiger partial charge in [-0.3, -0.25) is 14.7 Å². The van der Waals surface area contributed by atoms with Gasteiger partial charge >= 0.3 is 5.69 Å². The second-order valence-corrected chi connectivity index (χ2v) is 2.92. The van der Waals surface area contributed by atoms with Crippen LogP contribution in [-0.4, -0.2) is 19.7 Å². The van der Waals surface area contributed by atoms with E-state index in [9.17, 15) is 20.0 Å². The number of nitrogens with zero attached hydrogens (tertiary/aromatic N) is 3. The maximum absolute atomic E-state index is 11.2. The van der Waals surface area contributed by atoms with Crippen LogP contribution in [0.25, 0.3) is 5.69 Å². The lowest BCUT2D eigenvalue weighted by Gasteiger charge is -2.06. The molecule has 8 heteroatoms. The molecule has 16 heavy (non-hydrogen) atoms. The summed E-state index contributed by atoms with van der Waals surface area (Å²) < 4.78 is 0.781. The molecule has 2 rings (SSSR count). The average molecular weight is 221 g/mol. The Morgan fingerprint density at radius 1 is 1.31 bits per heavy atom. The first kappa shape index (κ1) is 9.90. The van der Waals surface area contributed by atoms with Crippen LogP contribution in [0.15, 0.2) is 29.1 Å². The van der Waals surface area contributed by atoms with Crippen molar-refractivity contribution in [1.82, 2.24) is 14.8 Å². The Bertz CT molecular complexity index is 583. The zero-order valence-corrected chi connectivity index (χ0v) is 7.78. The zero-order valence-electron chi connectivity index (χ0n) is 7.78. The van der Waals surface area contributed by atoms with Crippen LogP contribution in [0.4, 0.5) is 5.69 Å². The topological polar surface area (TPSA) is 117 Å². The van der Waals surface area contributed by atoms with Gasteiger partial charge in [0.25, 0.3) is 5.69 Å². The summed E-state index contributed by atoms with van der Waals surface area (Å²) in [6.45, 7) is 0. The molecule has 0 bridgehead atoms. The van der Waals surface area contributed by atoms with Gasteiger partial charge in [0.15, 0.2) is 0 Å². The highest BCUT2D eigenvalue weighted by molar-refractivity contribution is 5.41. The molecule has 0 saturated carbocycles. The van der Waals surface area contributed by atoms with Crippen LogP contribution >= 0.6 is 0 Å². The van der Waals surface area contributed by atoms with E-state index in [1.54, 1.807) is 0 Å². The molecule has 0 amide bonds. The third kappa shape index (κ3) is 1.52. The fourth-order valence-corrected chi connectivity index (χ4v) is 1.23. The number of aromatic nitrogens is 3. The van der Waals surface area contributed by atoms with Gasteiger partial charge in [0, 0.05) is 12.1 Å². The average Bonchev–Trinajstić information content (AvgIpc) is 2.59. The summed E-state index contributed by atoms with van der Waals surface area (Å²) in [5, 5.41) is 26.7. The lowest BCUT2D eigenvalue weighted by atomic mass is 10.3.